The number of hydrogen-bond donors (Lipinski definition) is 1. The summed E-state index contributed by atoms with van der Waals surface area (Å²) in [5, 5.41) is 0. The van der Waals surface area contributed by atoms with Crippen LogP contribution in [0.25, 0.3) is 0 Å². The molecule has 1 amide bonds. The minimum Gasteiger partial charge on any atom is -0.366 e. The van der Waals surface area contributed by atoms with E-state index in [9.17, 15) is 9.18 Å². The fourth-order valence-electron chi connectivity index (χ4n) is 1.79. The van der Waals surface area contributed by atoms with E-state index in [4.69, 9.17) is 5.73 Å². The first-order valence-electron chi connectivity index (χ1n) is 5.04. The van der Waals surface area contributed by atoms with Crippen molar-refractivity contribution in [2.45, 2.75) is 12.1 Å². The van der Waals surface area contributed by atoms with Crippen LogP contribution in [0.4, 0.5) is 4.39 Å². The second-order valence-corrected chi connectivity index (χ2v) is 3.82. The average Bonchev–Trinajstić information content (AvgIpc) is 2.30. The third-order valence-corrected chi connectivity index (χ3v) is 2.68. The molecule has 82 valence electrons. The molecule has 0 bridgehead atoms. The lowest BCUT2D eigenvalue weighted by Gasteiger charge is -2.25. The van der Waals surface area contributed by atoms with E-state index in [0.29, 0.717) is 11.1 Å². The molecule has 0 aliphatic heterocycles. The molecule has 0 aromatic heterocycles. The molecule has 0 fully saturated rings. The summed E-state index contributed by atoms with van der Waals surface area (Å²) in [5.41, 5.74) is 4.39. The molecule has 16 heavy (non-hydrogen) atoms. The zero-order valence-corrected chi connectivity index (χ0v) is 8.69. The lowest BCUT2D eigenvalue weighted by Crippen LogP contribution is -2.25. The number of amides is 1. The molecule has 1 atom stereocenters. The van der Waals surface area contributed by atoms with Crippen LogP contribution < -0.4 is 5.73 Å². The molecule has 1 unspecified atom stereocenters. The highest BCUT2D eigenvalue weighted by Crippen LogP contribution is 2.36. The van der Waals surface area contributed by atoms with E-state index in [-0.39, 0.29) is 6.42 Å². The third-order valence-electron chi connectivity index (χ3n) is 2.68. The van der Waals surface area contributed by atoms with Crippen LogP contribution in [0.2, 0.25) is 0 Å². The highest BCUT2D eigenvalue weighted by atomic mass is 19.1. The van der Waals surface area contributed by atoms with Crippen molar-refractivity contribution in [3.05, 3.63) is 59.7 Å². The summed E-state index contributed by atoms with van der Waals surface area (Å²) in [4.78, 5) is 11.0. The number of benzene rings is 1. The largest absolute Gasteiger partial charge is 0.366 e. The van der Waals surface area contributed by atoms with E-state index in [2.05, 4.69) is 0 Å². The fourth-order valence-corrected chi connectivity index (χ4v) is 1.79. The Kier molecular flexibility index (Phi) is 2.60. The second kappa shape index (κ2) is 3.93. The number of carbonyl (C=O) groups excluding carboxylic acids is 1. The number of carbonyl (C=O) groups is 1. The maximum atomic E-state index is 14.6. The Labute approximate surface area is 93.3 Å². The van der Waals surface area contributed by atoms with Crippen molar-refractivity contribution < 1.29 is 9.18 Å². The number of alkyl halides is 1. The van der Waals surface area contributed by atoms with Crippen molar-refractivity contribution in [1.29, 1.82) is 0 Å². The maximum absolute atomic E-state index is 14.6. The minimum absolute atomic E-state index is 0.00282. The van der Waals surface area contributed by atoms with Gasteiger partial charge in [0, 0.05) is 12.0 Å². The van der Waals surface area contributed by atoms with Crippen LogP contribution in [-0.2, 0) is 10.5 Å². The van der Waals surface area contributed by atoms with Gasteiger partial charge in [0.1, 0.15) is 0 Å². The molecule has 0 saturated heterocycles. The molecule has 0 radical (unpaired) electrons. The predicted molar refractivity (Wildman–Crippen MR) is 60.3 cm³/mol. The van der Waals surface area contributed by atoms with Crippen LogP contribution in [0, 0.1) is 0 Å². The van der Waals surface area contributed by atoms with Crippen LogP contribution in [0.1, 0.15) is 12.0 Å². The zero-order chi connectivity index (χ0) is 11.6. The average molecular weight is 217 g/mol. The summed E-state index contributed by atoms with van der Waals surface area (Å²) < 4.78 is 14.6. The van der Waals surface area contributed by atoms with Gasteiger partial charge in [-0.1, -0.05) is 42.5 Å². The smallest absolute Gasteiger partial charge is 0.244 e. The quantitative estimate of drug-likeness (QED) is 0.811. The van der Waals surface area contributed by atoms with Gasteiger partial charge in [-0.3, -0.25) is 4.79 Å². The van der Waals surface area contributed by atoms with Crippen LogP contribution in [-0.4, -0.2) is 5.91 Å². The maximum Gasteiger partial charge on any atom is 0.244 e. The van der Waals surface area contributed by atoms with Crippen molar-refractivity contribution in [2.75, 3.05) is 0 Å². The lowest BCUT2D eigenvalue weighted by molar-refractivity contribution is -0.115. The van der Waals surface area contributed by atoms with Crippen molar-refractivity contribution in [2.24, 2.45) is 5.73 Å². The van der Waals surface area contributed by atoms with Gasteiger partial charge in [-0.05, 0) is 11.6 Å². The topological polar surface area (TPSA) is 43.1 Å². The van der Waals surface area contributed by atoms with E-state index >= 15 is 0 Å². The van der Waals surface area contributed by atoms with E-state index in [1.807, 2.05) is 6.07 Å². The molecule has 0 heterocycles. The Morgan fingerprint density at radius 1 is 1.31 bits per heavy atom. The van der Waals surface area contributed by atoms with Crippen molar-refractivity contribution in [3.8, 4) is 0 Å². The van der Waals surface area contributed by atoms with Crippen LogP contribution in [0.3, 0.4) is 0 Å². The highest BCUT2D eigenvalue weighted by molar-refractivity contribution is 5.92. The first kappa shape index (κ1) is 10.6. The third kappa shape index (κ3) is 1.89. The molecule has 2 N–H and O–H groups in total. The summed E-state index contributed by atoms with van der Waals surface area (Å²) in [6, 6.07) is 8.77. The van der Waals surface area contributed by atoms with Crippen molar-refractivity contribution in [3.63, 3.8) is 0 Å². The number of allylic oxidation sites excluding steroid dienone is 3. The molecule has 0 saturated carbocycles. The lowest BCUT2D eigenvalue weighted by atomic mass is 9.85. The van der Waals surface area contributed by atoms with Crippen LogP contribution >= 0.6 is 0 Å². The monoisotopic (exact) mass is 217 g/mol. The number of primary amides is 1. The molecule has 0 spiro atoms. The molecule has 1 aliphatic carbocycles. The van der Waals surface area contributed by atoms with Crippen LogP contribution in [0.15, 0.2) is 54.1 Å². The first-order chi connectivity index (χ1) is 7.62. The number of hydrogen-bond acceptors (Lipinski definition) is 1. The number of nitrogens with two attached hydrogens (primary N) is 1. The zero-order valence-electron chi connectivity index (χ0n) is 8.69. The highest BCUT2D eigenvalue weighted by Gasteiger charge is 2.32. The van der Waals surface area contributed by atoms with E-state index in [1.165, 1.54) is 12.2 Å². The number of rotatable bonds is 2. The Morgan fingerprint density at radius 2 is 2.00 bits per heavy atom. The summed E-state index contributed by atoms with van der Waals surface area (Å²) in [7, 11) is 0. The fraction of sp³-hybridized carbons (Fsp3) is 0.154. The molecule has 1 aliphatic rings. The molecule has 1 aromatic carbocycles. The molecule has 2 nitrogen and oxygen atoms in total. The van der Waals surface area contributed by atoms with Gasteiger partial charge < -0.3 is 5.73 Å². The van der Waals surface area contributed by atoms with Gasteiger partial charge in [-0.15, -0.1) is 0 Å². The first-order valence-corrected chi connectivity index (χ1v) is 5.04. The van der Waals surface area contributed by atoms with E-state index in [1.54, 1.807) is 30.3 Å². The normalized spacial score (nSPS) is 23.9. The van der Waals surface area contributed by atoms with Crippen molar-refractivity contribution in [1.82, 2.24) is 0 Å². The van der Waals surface area contributed by atoms with Gasteiger partial charge >= 0.3 is 0 Å². The minimum atomic E-state index is -1.62. The van der Waals surface area contributed by atoms with Gasteiger partial charge in [0.2, 0.25) is 5.91 Å². The van der Waals surface area contributed by atoms with Gasteiger partial charge in [0.25, 0.3) is 0 Å². The molecule has 2 rings (SSSR count). The molecule has 3 heteroatoms. The Hall–Kier alpha value is -1.90. The Morgan fingerprint density at radius 3 is 2.62 bits per heavy atom. The number of halogens is 1. The van der Waals surface area contributed by atoms with E-state index < -0.39 is 11.6 Å². The summed E-state index contributed by atoms with van der Waals surface area (Å²) >= 11 is 0. The molecular formula is C13H12FNO. The molecule has 1 aromatic rings. The predicted octanol–water partition coefficient (Wildman–Crippen LogP) is 2.22. The van der Waals surface area contributed by atoms with Crippen LogP contribution in [0.5, 0.6) is 0 Å². The Balaban J connectivity index is 2.33. The molecular weight excluding hydrogens is 205 g/mol. The SMILES string of the molecule is NC(=O)C1=CC=CC(F)(c2ccccc2)C1. The summed E-state index contributed by atoms with van der Waals surface area (Å²) in [5.74, 6) is -0.567. The summed E-state index contributed by atoms with van der Waals surface area (Å²) in [6.45, 7) is 0. The van der Waals surface area contributed by atoms with Gasteiger partial charge in [-0.25, -0.2) is 4.39 Å². The van der Waals surface area contributed by atoms with Gasteiger partial charge in [-0.2, -0.15) is 0 Å². The van der Waals surface area contributed by atoms with Crippen molar-refractivity contribution >= 4 is 5.91 Å². The Bertz CT molecular complexity index is 464. The summed E-state index contributed by atoms with van der Waals surface area (Å²) in [6.07, 6.45) is 4.55. The van der Waals surface area contributed by atoms with Gasteiger partial charge in [0.15, 0.2) is 5.67 Å². The van der Waals surface area contributed by atoms with E-state index in [0.717, 1.165) is 0 Å². The standard InChI is InChI=1S/C13H12FNO/c14-13(11-6-2-1-3-7-11)8-4-5-10(9-13)12(15)16/h1-8H,9H2,(H2,15,16). The second-order valence-electron chi connectivity index (χ2n) is 3.82. The van der Waals surface area contributed by atoms with Gasteiger partial charge in [0.05, 0.1) is 0 Å².